The number of fused-ring (bicyclic) bond motifs is 5. The van der Waals surface area contributed by atoms with Gasteiger partial charge in [-0.05, 0) is 74.0 Å². The summed E-state index contributed by atoms with van der Waals surface area (Å²) in [7, 11) is 2.10. The number of halogens is 2. The molecule has 0 aromatic heterocycles. The first-order valence-electron chi connectivity index (χ1n) is 7.81. The van der Waals surface area contributed by atoms with E-state index in [1.165, 1.54) is 24.8 Å². The summed E-state index contributed by atoms with van der Waals surface area (Å²) in [4.78, 5) is 0. The number of rotatable bonds is 4. The van der Waals surface area contributed by atoms with Crippen LogP contribution in [0.4, 0.5) is 0 Å². The third kappa shape index (κ3) is 1.94. The summed E-state index contributed by atoms with van der Waals surface area (Å²) in [6.45, 7) is 0. The van der Waals surface area contributed by atoms with Crippen molar-refractivity contribution < 1.29 is 0 Å². The lowest BCUT2D eigenvalue weighted by molar-refractivity contribution is 0.376. The molecule has 1 aromatic rings. The maximum atomic E-state index is 6.35. The van der Waals surface area contributed by atoms with Crippen LogP contribution in [0.2, 0.25) is 10.0 Å². The second-order valence-electron chi connectivity index (χ2n) is 6.88. The predicted octanol–water partition coefficient (Wildman–Crippen LogP) is 4.42. The first-order chi connectivity index (χ1) is 9.70. The molecule has 5 atom stereocenters. The van der Waals surface area contributed by atoms with Gasteiger partial charge in [0.05, 0.1) is 10.0 Å². The normalized spacial score (nSPS) is 38.9. The molecule has 5 unspecified atom stereocenters. The smallest absolute Gasteiger partial charge is 0.0624 e. The van der Waals surface area contributed by atoms with Gasteiger partial charge in [-0.2, -0.15) is 0 Å². The minimum Gasteiger partial charge on any atom is -0.316 e. The van der Waals surface area contributed by atoms with E-state index < -0.39 is 0 Å². The molecule has 3 fully saturated rings. The van der Waals surface area contributed by atoms with Crippen molar-refractivity contribution >= 4 is 23.2 Å². The van der Waals surface area contributed by atoms with E-state index in [-0.39, 0.29) is 0 Å². The molecule has 3 heteroatoms. The van der Waals surface area contributed by atoms with Crippen LogP contribution in [0.15, 0.2) is 18.2 Å². The van der Waals surface area contributed by atoms with Gasteiger partial charge in [-0.15, -0.1) is 0 Å². The Morgan fingerprint density at radius 1 is 1.20 bits per heavy atom. The Kier molecular flexibility index (Phi) is 3.29. The molecular formula is C17H21Cl2N. The monoisotopic (exact) mass is 309 g/mol. The van der Waals surface area contributed by atoms with E-state index in [9.17, 15) is 0 Å². The van der Waals surface area contributed by atoms with Gasteiger partial charge in [0.25, 0.3) is 0 Å². The lowest BCUT2D eigenvalue weighted by Gasteiger charge is -2.21. The van der Waals surface area contributed by atoms with E-state index >= 15 is 0 Å². The van der Waals surface area contributed by atoms with Gasteiger partial charge in [-0.1, -0.05) is 35.3 Å². The first kappa shape index (κ1) is 13.4. The van der Waals surface area contributed by atoms with Crippen LogP contribution in [-0.2, 0) is 6.42 Å². The fourth-order valence-electron chi connectivity index (χ4n) is 5.30. The Morgan fingerprint density at radius 2 is 1.90 bits per heavy atom. The Labute approximate surface area is 131 Å². The third-order valence-electron chi connectivity index (χ3n) is 6.10. The molecule has 1 aromatic carbocycles. The third-order valence-corrected chi connectivity index (χ3v) is 6.96. The van der Waals surface area contributed by atoms with Gasteiger partial charge in [0.1, 0.15) is 0 Å². The Morgan fingerprint density at radius 3 is 2.55 bits per heavy atom. The summed E-state index contributed by atoms with van der Waals surface area (Å²) in [5.41, 5.74) is 1.19. The van der Waals surface area contributed by atoms with Crippen LogP contribution in [0.3, 0.4) is 0 Å². The van der Waals surface area contributed by atoms with Crippen molar-refractivity contribution in [2.24, 2.45) is 29.6 Å². The Balaban J connectivity index is 1.51. The highest BCUT2D eigenvalue weighted by molar-refractivity contribution is 6.42. The molecule has 2 bridgehead atoms. The average molecular weight is 310 g/mol. The highest BCUT2D eigenvalue weighted by Crippen LogP contribution is 2.70. The molecule has 1 nitrogen and oxygen atoms in total. The zero-order valence-electron chi connectivity index (χ0n) is 11.8. The quantitative estimate of drug-likeness (QED) is 0.868. The maximum absolute atomic E-state index is 6.35. The van der Waals surface area contributed by atoms with E-state index in [0.29, 0.717) is 11.1 Å². The van der Waals surface area contributed by atoms with Crippen molar-refractivity contribution in [1.29, 1.82) is 0 Å². The molecule has 4 rings (SSSR count). The summed E-state index contributed by atoms with van der Waals surface area (Å²) < 4.78 is 0. The molecule has 0 spiro atoms. The van der Waals surface area contributed by atoms with Gasteiger partial charge in [0.2, 0.25) is 0 Å². The molecule has 20 heavy (non-hydrogen) atoms. The molecule has 0 saturated heterocycles. The lowest BCUT2D eigenvalue weighted by atomic mass is 9.93. The van der Waals surface area contributed by atoms with Crippen LogP contribution >= 0.6 is 23.2 Å². The van der Waals surface area contributed by atoms with Gasteiger partial charge in [-0.25, -0.2) is 0 Å². The average Bonchev–Trinajstić information content (AvgIpc) is 2.88. The topological polar surface area (TPSA) is 12.0 Å². The van der Waals surface area contributed by atoms with Crippen molar-refractivity contribution in [1.82, 2.24) is 5.32 Å². The molecular weight excluding hydrogens is 289 g/mol. The molecule has 0 heterocycles. The van der Waals surface area contributed by atoms with Crippen LogP contribution in [0.1, 0.15) is 24.8 Å². The van der Waals surface area contributed by atoms with E-state index in [1.807, 2.05) is 12.1 Å². The van der Waals surface area contributed by atoms with Crippen LogP contribution in [-0.4, -0.2) is 13.1 Å². The Bertz CT molecular complexity index is 514. The van der Waals surface area contributed by atoms with Gasteiger partial charge in [0.15, 0.2) is 0 Å². The molecule has 3 aliphatic rings. The van der Waals surface area contributed by atoms with E-state index in [4.69, 9.17) is 23.2 Å². The van der Waals surface area contributed by atoms with Gasteiger partial charge >= 0.3 is 0 Å². The van der Waals surface area contributed by atoms with Crippen molar-refractivity contribution in [3.05, 3.63) is 33.8 Å². The maximum Gasteiger partial charge on any atom is 0.0624 e. The summed E-state index contributed by atoms with van der Waals surface area (Å²) in [5.74, 6) is 4.94. The molecule has 0 aliphatic heterocycles. The number of hydrogen-bond acceptors (Lipinski definition) is 1. The second kappa shape index (κ2) is 4.90. The summed E-state index contributed by atoms with van der Waals surface area (Å²) in [5, 5.41) is 4.97. The summed E-state index contributed by atoms with van der Waals surface area (Å²) in [6, 6.07) is 6.55. The van der Waals surface area contributed by atoms with Crippen molar-refractivity contribution in [2.45, 2.75) is 31.7 Å². The van der Waals surface area contributed by atoms with E-state index in [2.05, 4.69) is 18.4 Å². The number of likely N-dealkylation sites (N-methyl/N-ethyl adjacent to an activating group) is 1. The molecule has 0 amide bonds. The van der Waals surface area contributed by atoms with Crippen LogP contribution in [0, 0.1) is 29.6 Å². The number of nitrogens with one attached hydrogen (secondary N) is 1. The van der Waals surface area contributed by atoms with Gasteiger partial charge in [-0.3, -0.25) is 0 Å². The molecule has 3 saturated carbocycles. The second-order valence-corrected chi connectivity index (χ2v) is 7.66. The minimum atomic E-state index is 0.560. The largest absolute Gasteiger partial charge is 0.316 e. The predicted molar refractivity (Wildman–Crippen MR) is 84.3 cm³/mol. The fraction of sp³-hybridized carbons (Fsp3) is 0.647. The summed E-state index contributed by atoms with van der Waals surface area (Å²) in [6.07, 6.45) is 5.49. The van der Waals surface area contributed by atoms with Crippen LogP contribution in [0.25, 0.3) is 0 Å². The highest BCUT2D eigenvalue weighted by atomic mass is 35.5. The van der Waals surface area contributed by atoms with Crippen molar-refractivity contribution in [3.63, 3.8) is 0 Å². The van der Waals surface area contributed by atoms with E-state index in [1.54, 1.807) is 0 Å². The molecule has 108 valence electrons. The van der Waals surface area contributed by atoms with Crippen molar-refractivity contribution in [2.75, 3.05) is 7.05 Å². The fourth-order valence-corrected chi connectivity index (χ4v) is 5.70. The van der Waals surface area contributed by atoms with Gasteiger partial charge in [0, 0.05) is 6.04 Å². The van der Waals surface area contributed by atoms with Crippen LogP contribution in [0.5, 0.6) is 0 Å². The number of hydrogen-bond donors (Lipinski definition) is 1. The zero-order chi connectivity index (χ0) is 13.9. The standard InChI is InChI=1S/C17H21Cl2N/c1-20-13(8-11-3-2-4-12(18)17(11)19)16-14-9-5-6-10(7-9)15(14)16/h2-4,9-10,13-16,20H,5-8H2,1H3. The van der Waals surface area contributed by atoms with Crippen molar-refractivity contribution in [3.8, 4) is 0 Å². The van der Waals surface area contributed by atoms with Gasteiger partial charge < -0.3 is 5.32 Å². The molecule has 0 radical (unpaired) electrons. The Hall–Kier alpha value is -0.240. The summed E-state index contributed by atoms with van der Waals surface area (Å²) >= 11 is 12.5. The molecule has 3 aliphatic carbocycles. The SMILES string of the molecule is CNC(Cc1cccc(Cl)c1Cl)C1C2C3CCC(C3)C21. The first-order valence-corrected chi connectivity index (χ1v) is 8.56. The van der Waals surface area contributed by atoms with Crippen LogP contribution < -0.4 is 5.32 Å². The number of benzene rings is 1. The molecule has 1 N–H and O–H groups in total. The highest BCUT2D eigenvalue weighted by Gasteiger charge is 2.66. The minimum absolute atomic E-state index is 0.560. The zero-order valence-corrected chi connectivity index (χ0v) is 13.3. The lowest BCUT2D eigenvalue weighted by Crippen LogP contribution is -2.32. The van der Waals surface area contributed by atoms with E-state index in [0.717, 1.165) is 41.0 Å².